The number of carboxylic acids is 2. The van der Waals surface area contributed by atoms with Gasteiger partial charge in [-0.3, -0.25) is 14.4 Å². The smallest absolute Gasteiger partial charge is 0.407 e. The third kappa shape index (κ3) is 6.92. The maximum absolute atomic E-state index is 12.9. The molecule has 3 atom stereocenters. The number of ether oxygens (including phenoxy) is 1. The SMILES string of the molecule is CC[C@H](C)[C@H](NC(=O)OCC1c2ccccc2-c2ccccc21)C(=O)NCC(=O)N(C)[C@@H](CC(=O)O)C(=O)O. The first-order valence-electron chi connectivity index (χ1n) is 12.6. The third-order valence-corrected chi connectivity index (χ3v) is 7.04. The summed E-state index contributed by atoms with van der Waals surface area (Å²) in [6.45, 7) is 3.10. The molecule has 0 bridgehead atoms. The molecule has 208 valence electrons. The fourth-order valence-electron chi connectivity index (χ4n) is 4.60. The zero-order valence-corrected chi connectivity index (χ0v) is 22.0. The van der Waals surface area contributed by atoms with Gasteiger partial charge in [-0.2, -0.15) is 0 Å². The van der Waals surface area contributed by atoms with Gasteiger partial charge >= 0.3 is 18.0 Å². The van der Waals surface area contributed by atoms with Gasteiger partial charge < -0.3 is 30.5 Å². The van der Waals surface area contributed by atoms with Crippen LogP contribution >= 0.6 is 0 Å². The van der Waals surface area contributed by atoms with Crippen LogP contribution < -0.4 is 10.6 Å². The fraction of sp³-hybridized carbons (Fsp3) is 0.393. The minimum Gasteiger partial charge on any atom is -0.481 e. The number of hydrogen-bond acceptors (Lipinski definition) is 6. The number of carbonyl (C=O) groups is 5. The van der Waals surface area contributed by atoms with Gasteiger partial charge in [0.15, 0.2) is 0 Å². The number of hydrogen-bond donors (Lipinski definition) is 4. The molecule has 3 amide bonds. The first-order valence-corrected chi connectivity index (χ1v) is 12.6. The quantitative estimate of drug-likeness (QED) is 0.320. The molecular formula is C28H33N3O8. The van der Waals surface area contributed by atoms with Gasteiger partial charge in [-0.15, -0.1) is 0 Å². The number of carboxylic acid groups (broad SMARTS) is 2. The summed E-state index contributed by atoms with van der Waals surface area (Å²) in [5.74, 6) is -4.76. The van der Waals surface area contributed by atoms with Crippen LogP contribution in [-0.2, 0) is 23.9 Å². The van der Waals surface area contributed by atoms with Crippen LogP contribution in [0.25, 0.3) is 11.1 Å². The van der Waals surface area contributed by atoms with Crippen molar-refractivity contribution in [1.29, 1.82) is 0 Å². The number of benzene rings is 2. The summed E-state index contributed by atoms with van der Waals surface area (Å²) in [7, 11) is 1.15. The Morgan fingerprint density at radius 2 is 1.54 bits per heavy atom. The second kappa shape index (κ2) is 12.9. The Labute approximate surface area is 226 Å². The van der Waals surface area contributed by atoms with Gasteiger partial charge in [0.2, 0.25) is 11.8 Å². The summed E-state index contributed by atoms with van der Waals surface area (Å²) in [6, 6.07) is 13.2. The maximum Gasteiger partial charge on any atom is 0.407 e. The van der Waals surface area contributed by atoms with Gasteiger partial charge in [0, 0.05) is 13.0 Å². The predicted octanol–water partition coefficient (Wildman–Crippen LogP) is 2.44. The van der Waals surface area contributed by atoms with Gasteiger partial charge in [-0.1, -0.05) is 68.8 Å². The molecule has 1 aliphatic rings. The number of rotatable bonds is 12. The Morgan fingerprint density at radius 1 is 0.974 bits per heavy atom. The van der Waals surface area contributed by atoms with Crippen molar-refractivity contribution in [3.05, 3.63) is 59.7 Å². The number of nitrogens with zero attached hydrogens (tertiary/aromatic N) is 1. The molecule has 0 unspecified atom stereocenters. The van der Waals surface area contributed by atoms with Gasteiger partial charge in [0.1, 0.15) is 18.7 Å². The van der Waals surface area contributed by atoms with Crippen LogP contribution in [0.4, 0.5) is 4.79 Å². The van der Waals surface area contributed by atoms with E-state index in [-0.39, 0.29) is 18.4 Å². The Bertz CT molecular complexity index is 1200. The lowest BCUT2D eigenvalue weighted by Crippen LogP contribution is -2.53. The number of amides is 3. The molecule has 0 heterocycles. The molecule has 3 rings (SSSR count). The number of alkyl carbamates (subject to hydrolysis) is 1. The van der Waals surface area contributed by atoms with E-state index < -0.39 is 54.9 Å². The van der Waals surface area contributed by atoms with Crippen molar-refractivity contribution in [2.24, 2.45) is 5.92 Å². The van der Waals surface area contributed by atoms with Crippen molar-refractivity contribution >= 4 is 29.8 Å². The van der Waals surface area contributed by atoms with Crippen LogP contribution in [0.5, 0.6) is 0 Å². The van der Waals surface area contributed by atoms with Crippen molar-refractivity contribution in [3.63, 3.8) is 0 Å². The molecule has 4 N–H and O–H groups in total. The van der Waals surface area contributed by atoms with Crippen molar-refractivity contribution in [3.8, 4) is 11.1 Å². The summed E-state index contributed by atoms with van der Waals surface area (Å²) in [5, 5.41) is 23.2. The normalized spacial score (nSPS) is 14.2. The summed E-state index contributed by atoms with van der Waals surface area (Å²) in [5.41, 5.74) is 4.27. The van der Waals surface area contributed by atoms with Crippen LogP contribution in [0.3, 0.4) is 0 Å². The molecule has 0 aromatic heterocycles. The molecule has 1 aliphatic carbocycles. The minimum atomic E-state index is -1.59. The maximum atomic E-state index is 12.9. The van der Waals surface area contributed by atoms with Crippen molar-refractivity contribution in [1.82, 2.24) is 15.5 Å². The number of aliphatic carboxylic acids is 2. The van der Waals surface area contributed by atoms with E-state index in [9.17, 15) is 29.1 Å². The van der Waals surface area contributed by atoms with Gasteiger partial charge in [0.05, 0.1) is 13.0 Å². The first-order chi connectivity index (χ1) is 18.5. The predicted molar refractivity (Wildman–Crippen MR) is 141 cm³/mol. The fourth-order valence-corrected chi connectivity index (χ4v) is 4.60. The Morgan fingerprint density at radius 3 is 2.05 bits per heavy atom. The lowest BCUT2D eigenvalue weighted by Gasteiger charge is -2.26. The van der Waals surface area contributed by atoms with E-state index in [1.54, 1.807) is 6.92 Å². The van der Waals surface area contributed by atoms with Crippen molar-refractivity contribution in [2.45, 2.75) is 44.7 Å². The van der Waals surface area contributed by atoms with Crippen LogP contribution in [0.1, 0.15) is 43.7 Å². The van der Waals surface area contributed by atoms with E-state index in [4.69, 9.17) is 9.84 Å². The molecule has 0 spiro atoms. The Balaban J connectivity index is 1.61. The zero-order valence-electron chi connectivity index (χ0n) is 22.0. The molecule has 0 radical (unpaired) electrons. The van der Waals surface area contributed by atoms with E-state index in [1.165, 1.54) is 0 Å². The third-order valence-electron chi connectivity index (χ3n) is 7.04. The number of likely N-dealkylation sites (N-methyl/N-ethyl adjacent to an activating group) is 1. The first kappa shape index (κ1) is 29.2. The monoisotopic (exact) mass is 539 g/mol. The summed E-state index contributed by atoms with van der Waals surface area (Å²) in [6.07, 6.45) is -1.03. The zero-order chi connectivity index (χ0) is 28.7. The molecule has 2 aromatic rings. The van der Waals surface area contributed by atoms with Crippen LogP contribution in [0.15, 0.2) is 48.5 Å². The molecule has 2 aromatic carbocycles. The highest BCUT2D eigenvalue weighted by molar-refractivity contribution is 5.92. The van der Waals surface area contributed by atoms with Gasteiger partial charge in [-0.25, -0.2) is 9.59 Å². The molecule has 11 heteroatoms. The minimum absolute atomic E-state index is 0.0676. The highest BCUT2D eigenvalue weighted by atomic mass is 16.5. The van der Waals surface area contributed by atoms with E-state index in [2.05, 4.69) is 10.6 Å². The standard InChI is InChI=1S/C28H33N3O8/c1-4-16(2)25(26(35)29-14-23(32)31(3)22(27(36)37)13-24(33)34)30-28(38)39-15-21-19-11-7-5-9-17(19)18-10-6-8-12-20(18)21/h5-12,16,21-22,25H,4,13-15H2,1-3H3,(H,29,35)(H,30,38)(H,33,34)(H,36,37)/t16-,22-,25-/m0/s1. The average Bonchev–Trinajstić information content (AvgIpc) is 3.24. The molecular weight excluding hydrogens is 506 g/mol. The van der Waals surface area contributed by atoms with Crippen LogP contribution in [-0.4, -0.2) is 77.2 Å². The number of carbonyl (C=O) groups excluding carboxylic acids is 3. The highest BCUT2D eigenvalue weighted by Crippen LogP contribution is 2.44. The van der Waals surface area contributed by atoms with E-state index in [1.807, 2.05) is 55.5 Å². The summed E-state index contributed by atoms with van der Waals surface area (Å²) >= 11 is 0. The number of fused-ring (bicyclic) bond motifs is 3. The van der Waals surface area contributed by atoms with E-state index in [0.717, 1.165) is 34.2 Å². The van der Waals surface area contributed by atoms with Crippen LogP contribution in [0.2, 0.25) is 0 Å². The van der Waals surface area contributed by atoms with E-state index in [0.29, 0.717) is 6.42 Å². The average molecular weight is 540 g/mol. The molecule has 0 saturated heterocycles. The highest BCUT2D eigenvalue weighted by Gasteiger charge is 2.32. The molecule has 0 aliphatic heterocycles. The van der Waals surface area contributed by atoms with Crippen molar-refractivity contribution in [2.75, 3.05) is 20.2 Å². The van der Waals surface area contributed by atoms with E-state index >= 15 is 0 Å². The Hall–Kier alpha value is -4.41. The molecule has 39 heavy (non-hydrogen) atoms. The molecule has 0 saturated carbocycles. The lowest BCUT2D eigenvalue weighted by atomic mass is 9.98. The van der Waals surface area contributed by atoms with Gasteiger partial charge in [-0.05, 0) is 28.2 Å². The second-order valence-electron chi connectivity index (χ2n) is 9.51. The van der Waals surface area contributed by atoms with Crippen molar-refractivity contribution < 1.29 is 38.9 Å². The summed E-state index contributed by atoms with van der Waals surface area (Å²) in [4.78, 5) is 61.2. The van der Waals surface area contributed by atoms with Gasteiger partial charge in [0.25, 0.3) is 0 Å². The van der Waals surface area contributed by atoms with Crippen LogP contribution in [0, 0.1) is 5.92 Å². The summed E-state index contributed by atoms with van der Waals surface area (Å²) < 4.78 is 5.55. The largest absolute Gasteiger partial charge is 0.481 e. The topological polar surface area (TPSA) is 162 Å². The second-order valence-corrected chi connectivity index (χ2v) is 9.51. The molecule has 0 fully saturated rings. The lowest BCUT2D eigenvalue weighted by molar-refractivity contribution is -0.153. The number of nitrogens with one attached hydrogen (secondary N) is 2. The molecule has 11 nitrogen and oxygen atoms in total. The Kier molecular flexibility index (Phi) is 9.64.